The molecule has 0 aliphatic heterocycles. The Morgan fingerprint density at radius 3 is 2.90 bits per heavy atom. The summed E-state index contributed by atoms with van der Waals surface area (Å²) in [5, 5.41) is 0. The van der Waals surface area contributed by atoms with Gasteiger partial charge in [-0.1, -0.05) is 6.92 Å². The van der Waals surface area contributed by atoms with Crippen LogP contribution in [0.2, 0.25) is 0 Å². The highest BCUT2D eigenvalue weighted by atomic mass is 35.5. The number of hydrogen-bond acceptors (Lipinski definition) is 3. The van der Waals surface area contributed by atoms with Crippen LogP contribution in [0.4, 0.5) is 0 Å². The second-order valence-electron chi connectivity index (χ2n) is 1.93. The van der Waals surface area contributed by atoms with Gasteiger partial charge < -0.3 is 10.2 Å². The molecular weight excluding hydrogens is 152 g/mol. The fourth-order valence-corrected chi connectivity index (χ4v) is 0.614. The van der Waals surface area contributed by atoms with Crippen molar-refractivity contribution >= 4 is 12.4 Å². The van der Waals surface area contributed by atoms with Crippen molar-refractivity contribution in [1.82, 2.24) is 4.98 Å². The maximum Gasteiger partial charge on any atom is 0.180 e. The largest absolute Gasteiger partial charge is 0.451 e. The second-order valence-corrected chi connectivity index (χ2v) is 1.93. The number of aromatic nitrogens is 1. The van der Waals surface area contributed by atoms with Crippen molar-refractivity contribution in [2.75, 3.05) is 0 Å². The summed E-state index contributed by atoms with van der Waals surface area (Å²) in [6, 6.07) is 0.0312. The van der Waals surface area contributed by atoms with Gasteiger partial charge in [0, 0.05) is 6.04 Å². The zero-order valence-electron chi connectivity index (χ0n) is 5.78. The Kier molecular flexibility index (Phi) is 4.07. The molecule has 0 radical (unpaired) electrons. The van der Waals surface area contributed by atoms with Crippen LogP contribution in [0.25, 0.3) is 0 Å². The lowest BCUT2D eigenvalue weighted by Crippen LogP contribution is -2.08. The Bertz CT molecular complexity index is 164. The minimum atomic E-state index is 0. The monoisotopic (exact) mass is 162 g/mol. The van der Waals surface area contributed by atoms with E-state index >= 15 is 0 Å². The SMILES string of the molecule is CC[C@H](N)c1cocn1.Cl. The Hall–Kier alpha value is -0.540. The Morgan fingerprint density at radius 1 is 1.80 bits per heavy atom. The molecular formula is C6H11ClN2O. The van der Waals surface area contributed by atoms with Gasteiger partial charge >= 0.3 is 0 Å². The second kappa shape index (κ2) is 4.30. The van der Waals surface area contributed by atoms with E-state index in [1.807, 2.05) is 6.92 Å². The molecule has 58 valence electrons. The summed E-state index contributed by atoms with van der Waals surface area (Å²) in [6.45, 7) is 2.01. The van der Waals surface area contributed by atoms with Crippen molar-refractivity contribution in [1.29, 1.82) is 0 Å². The molecule has 4 heteroatoms. The van der Waals surface area contributed by atoms with E-state index in [1.54, 1.807) is 6.26 Å². The van der Waals surface area contributed by atoms with Crippen molar-refractivity contribution < 1.29 is 4.42 Å². The van der Waals surface area contributed by atoms with Crippen LogP contribution in [-0.2, 0) is 0 Å². The summed E-state index contributed by atoms with van der Waals surface area (Å²) in [5.74, 6) is 0. The van der Waals surface area contributed by atoms with Gasteiger partial charge in [-0.2, -0.15) is 0 Å². The number of halogens is 1. The molecule has 2 N–H and O–H groups in total. The molecule has 0 unspecified atom stereocenters. The van der Waals surface area contributed by atoms with Crippen LogP contribution in [0.5, 0.6) is 0 Å². The van der Waals surface area contributed by atoms with E-state index in [2.05, 4.69) is 4.98 Å². The fourth-order valence-electron chi connectivity index (χ4n) is 0.614. The first-order valence-electron chi connectivity index (χ1n) is 2.98. The van der Waals surface area contributed by atoms with Crippen molar-refractivity contribution in [3.63, 3.8) is 0 Å². The summed E-state index contributed by atoms with van der Waals surface area (Å²) in [6.07, 6.45) is 3.87. The van der Waals surface area contributed by atoms with Gasteiger partial charge in [-0.3, -0.25) is 0 Å². The topological polar surface area (TPSA) is 52.0 Å². The zero-order valence-corrected chi connectivity index (χ0v) is 6.60. The number of oxazole rings is 1. The average Bonchev–Trinajstić information content (AvgIpc) is 2.37. The van der Waals surface area contributed by atoms with Crippen LogP contribution in [0.1, 0.15) is 25.1 Å². The third-order valence-corrected chi connectivity index (χ3v) is 1.27. The van der Waals surface area contributed by atoms with Crippen LogP contribution in [0.3, 0.4) is 0 Å². The van der Waals surface area contributed by atoms with Crippen LogP contribution < -0.4 is 5.73 Å². The van der Waals surface area contributed by atoms with E-state index in [-0.39, 0.29) is 18.4 Å². The molecule has 1 heterocycles. The van der Waals surface area contributed by atoms with Gasteiger partial charge in [-0.15, -0.1) is 12.4 Å². The molecule has 3 nitrogen and oxygen atoms in total. The lowest BCUT2D eigenvalue weighted by Gasteiger charge is -2.00. The van der Waals surface area contributed by atoms with Crippen LogP contribution >= 0.6 is 12.4 Å². The molecule has 1 aromatic rings. The third kappa shape index (κ3) is 2.01. The number of rotatable bonds is 2. The van der Waals surface area contributed by atoms with Gasteiger partial charge in [-0.25, -0.2) is 4.98 Å². The predicted molar refractivity (Wildman–Crippen MR) is 41.0 cm³/mol. The van der Waals surface area contributed by atoms with Gasteiger partial charge in [-0.05, 0) is 6.42 Å². The zero-order chi connectivity index (χ0) is 6.69. The Morgan fingerprint density at radius 2 is 2.50 bits per heavy atom. The molecule has 0 fully saturated rings. The molecule has 0 saturated heterocycles. The first-order chi connectivity index (χ1) is 4.34. The molecule has 0 aliphatic rings. The lowest BCUT2D eigenvalue weighted by molar-refractivity contribution is 0.553. The summed E-state index contributed by atoms with van der Waals surface area (Å²) in [5.41, 5.74) is 6.45. The number of hydrogen-bond donors (Lipinski definition) is 1. The summed E-state index contributed by atoms with van der Waals surface area (Å²) in [4.78, 5) is 3.90. The molecule has 0 aliphatic carbocycles. The Balaban J connectivity index is 0.000000810. The first-order valence-corrected chi connectivity index (χ1v) is 2.98. The predicted octanol–water partition coefficient (Wildman–Crippen LogP) is 1.51. The van der Waals surface area contributed by atoms with Gasteiger partial charge in [0.2, 0.25) is 0 Å². The highest BCUT2D eigenvalue weighted by Crippen LogP contribution is 2.08. The minimum absolute atomic E-state index is 0. The van der Waals surface area contributed by atoms with E-state index in [0.29, 0.717) is 0 Å². The standard InChI is InChI=1S/C6H10N2O.ClH/c1-2-5(7)6-3-9-4-8-6;/h3-5H,2,7H2,1H3;1H/t5-;/m0./s1. The summed E-state index contributed by atoms with van der Waals surface area (Å²) in [7, 11) is 0. The molecule has 0 bridgehead atoms. The fraction of sp³-hybridized carbons (Fsp3) is 0.500. The maximum atomic E-state index is 5.62. The van der Waals surface area contributed by atoms with Gasteiger partial charge in [0.1, 0.15) is 6.26 Å². The quantitative estimate of drug-likeness (QED) is 0.717. The molecule has 0 spiro atoms. The molecule has 10 heavy (non-hydrogen) atoms. The number of nitrogens with zero attached hydrogens (tertiary/aromatic N) is 1. The minimum Gasteiger partial charge on any atom is -0.451 e. The maximum absolute atomic E-state index is 5.62. The molecule has 0 amide bonds. The van der Waals surface area contributed by atoms with Crippen LogP contribution in [0.15, 0.2) is 17.1 Å². The van der Waals surface area contributed by atoms with Crippen molar-refractivity contribution in [2.24, 2.45) is 5.73 Å². The average molecular weight is 163 g/mol. The van der Waals surface area contributed by atoms with Crippen LogP contribution in [0, 0.1) is 0 Å². The van der Waals surface area contributed by atoms with Crippen molar-refractivity contribution in [3.05, 3.63) is 18.4 Å². The van der Waals surface area contributed by atoms with E-state index in [1.165, 1.54) is 6.39 Å². The van der Waals surface area contributed by atoms with E-state index < -0.39 is 0 Å². The van der Waals surface area contributed by atoms with Crippen molar-refractivity contribution in [3.8, 4) is 0 Å². The van der Waals surface area contributed by atoms with Gasteiger partial charge in [0.15, 0.2) is 6.39 Å². The van der Waals surface area contributed by atoms with Gasteiger partial charge in [0.05, 0.1) is 5.69 Å². The highest BCUT2D eigenvalue weighted by molar-refractivity contribution is 5.85. The molecule has 1 rings (SSSR count). The molecule has 1 atom stereocenters. The third-order valence-electron chi connectivity index (χ3n) is 1.27. The molecule has 0 aromatic carbocycles. The van der Waals surface area contributed by atoms with Gasteiger partial charge in [0.25, 0.3) is 0 Å². The Labute approximate surface area is 66.0 Å². The van der Waals surface area contributed by atoms with Crippen molar-refractivity contribution in [2.45, 2.75) is 19.4 Å². The van der Waals surface area contributed by atoms with E-state index in [4.69, 9.17) is 10.2 Å². The normalized spacial score (nSPS) is 12.2. The molecule has 1 aromatic heterocycles. The summed E-state index contributed by atoms with van der Waals surface area (Å²) < 4.78 is 4.75. The van der Waals surface area contributed by atoms with E-state index in [0.717, 1.165) is 12.1 Å². The number of nitrogens with two attached hydrogens (primary N) is 1. The van der Waals surface area contributed by atoms with Crippen LogP contribution in [-0.4, -0.2) is 4.98 Å². The molecule has 0 saturated carbocycles. The first kappa shape index (κ1) is 9.46. The lowest BCUT2D eigenvalue weighted by atomic mass is 10.2. The van der Waals surface area contributed by atoms with E-state index in [9.17, 15) is 0 Å². The smallest absolute Gasteiger partial charge is 0.180 e. The highest BCUT2D eigenvalue weighted by Gasteiger charge is 2.03. The summed E-state index contributed by atoms with van der Waals surface area (Å²) >= 11 is 0.